The number of carbonyl (C=O) groups excluding carboxylic acids is 1. The molecule has 0 unspecified atom stereocenters. The number of amides is 1. The van der Waals surface area contributed by atoms with Crippen molar-refractivity contribution < 1.29 is 4.79 Å². The van der Waals surface area contributed by atoms with Gasteiger partial charge < -0.3 is 16.0 Å². The summed E-state index contributed by atoms with van der Waals surface area (Å²) in [5, 5.41) is 10.7. The molecule has 0 bridgehead atoms. The Balaban J connectivity index is 1.57. The smallest absolute Gasteiger partial charge is 0.227 e. The van der Waals surface area contributed by atoms with Crippen molar-refractivity contribution in [2.24, 2.45) is 10.9 Å². The summed E-state index contributed by atoms with van der Waals surface area (Å²) < 4.78 is 0. The van der Waals surface area contributed by atoms with Gasteiger partial charge in [0, 0.05) is 29.2 Å². The zero-order chi connectivity index (χ0) is 20.5. The minimum absolute atomic E-state index is 0.152. The average Bonchev–Trinajstić information content (AvgIpc) is 3.16. The molecule has 1 aromatic carbocycles. The van der Waals surface area contributed by atoms with Gasteiger partial charge in [0.1, 0.15) is 5.01 Å². The van der Waals surface area contributed by atoms with Crippen molar-refractivity contribution in [1.82, 2.24) is 15.6 Å². The molecule has 6 nitrogen and oxygen atoms in total. The van der Waals surface area contributed by atoms with Crippen LogP contribution < -0.4 is 16.0 Å². The lowest BCUT2D eigenvalue weighted by atomic mass is 9.88. The molecule has 0 atom stereocenters. The van der Waals surface area contributed by atoms with Crippen LogP contribution in [0.1, 0.15) is 54.5 Å². The molecule has 156 valence electrons. The normalized spacial score (nSPS) is 15.2. The number of benzene rings is 1. The fourth-order valence-corrected chi connectivity index (χ4v) is 4.24. The molecular formula is C22H31N5OS. The van der Waals surface area contributed by atoms with Crippen LogP contribution in [0.5, 0.6) is 0 Å². The molecule has 0 aliphatic heterocycles. The maximum absolute atomic E-state index is 12.5. The van der Waals surface area contributed by atoms with E-state index in [1.54, 1.807) is 11.3 Å². The molecule has 3 rings (SSSR count). The first-order valence-corrected chi connectivity index (χ1v) is 11.3. The fourth-order valence-electron chi connectivity index (χ4n) is 3.51. The van der Waals surface area contributed by atoms with E-state index in [9.17, 15) is 4.79 Å². The molecular weight excluding hydrogens is 382 g/mol. The maximum Gasteiger partial charge on any atom is 0.227 e. The molecule has 1 heterocycles. The summed E-state index contributed by atoms with van der Waals surface area (Å²) in [4.78, 5) is 22.7. The highest BCUT2D eigenvalue weighted by Crippen LogP contribution is 2.25. The predicted molar refractivity (Wildman–Crippen MR) is 120 cm³/mol. The van der Waals surface area contributed by atoms with Gasteiger partial charge in [-0.05, 0) is 44.4 Å². The Hall–Kier alpha value is -2.41. The molecule has 1 aliphatic rings. The molecule has 1 amide bonds. The minimum Gasteiger partial charge on any atom is -0.357 e. The predicted octanol–water partition coefficient (Wildman–Crippen LogP) is 4.23. The SMILES string of the molecule is CCNC(=NCc1cccc(NC(=O)C2CCCCC2)c1)NCc1ncc(C)s1. The quantitative estimate of drug-likeness (QED) is 0.469. The van der Waals surface area contributed by atoms with Crippen molar-refractivity contribution >= 4 is 28.9 Å². The van der Waals surface area contributed by atoms with Gasteiger partial charge in [-0.15, -0.1) is 11.3 Å². The minimum atomic E-state index is 0.152. The number of hydrogen-bond donors (Lipinski definition) is 3. The van der Waals surface area contributed by atoms with Gasteiger partial charge in [-0.2, -0.15) is 0 Å². The monoisotopic (exact) mass is 413 g/mol. The van der Waals surface area contributed by atoms with Crippen molar-refractivity contribution in [2.45, 2.75) is 59.0 Å². The maximum atomic E-state index is 12.5. The van der Waals surface area contributed by atoms with E-state index in [0.29, 0.717) is 13.1 Å². The van der Waals surface area contributed by atoms with E-state index in [1.807, 2.05) is 37.4 Å². The van der Waals surface area contributed by atoms with Crippen LogP contribution in [0.15, 0.2) is 35.5 Å². The van der Waals surface area contributed by atoms with Gasteiger partial charge in [-0.3, -0.25) is 4.79 Å². The standard InChI is InChI=1S/C22H31N5OS/c1-3-23-22(26-15-20-24-13-16(2)29-20)25-14-17-8-7-11-19(12-17)27-21(28)18-9-5-4-6-10-18/h7-8,11-13,18H,3-6,9-10,14-15H2,1-2H3,(H,27,28)(H2,23,25,26). The van der Waals surface area contributed by atoms with Gasteiger partial charge >= 0.3 is 0 Å². The number of carbonyl (C=O) groups is 1. The van der Waals surface area contributed by atoms with Crippen LogP contribution >= 0.6 is 11.3 Å². The van der Waals surface area contributed by atoms with Crippen LogP contribution in [0.25, 0.3) is 0 Å². The number of thiazole rings is 1. The summed E-state index contributed by atoms with van der Waals surface area (Å²) in [6, 6.07) is 7.97. The largest absolute Gasteiger partial charge is 0.357 e. The summed E-state index contributed by atoms with van der Waals surface area (Å²) in [5.74, 6) is 1.07. The molecule has 29 heavy (non-hydrogen) atoms. The molecule has 0 saturated heterocycles. The number of nitrogens with zero attached hydrogens (tertiary/aromatic N) is 2. The number of nitrogens with one attached hydrogen (secondary N) is 3. The second kappa shape index (κ2) is 11.0. The van der Waals surface area contributed by atoms with E-state index in [1.165, 1.54) is 11.3 Å². The molecule has 0 radical (unpaired) electrons. The summed E-state index contributed by atoms with van der Waals surface area (Å²) in [7, 11) is 0. The summed E-state index contributed by atoms with van der Waals surface area (Å²) in [6.45, 7) is 6.09. The number of aromatic nitrogens is 1. The fraction of sp³-hybridized carbons (Fsp3) is 0.500. The summed E-state index contributed by atoms with van der Waals surface area (Å²) in [6.07, 6.45) is 7.47. The van der Waals surface area contributed by atoms with Crippen LogP contribution in [-0.4, -0.2) is 23.4 Å². The number of anilines is 1. The Bertz CT molecular complexity index is 826. The van der Waals surface area contributed by atoms with Crippen LogP contribution in [0.3, 0.4) is 0 Å². The Morgan fingerprint density at radius 3 is 2.79 bits per heavy atom. The molecule has 1 aliphatic carbocycles. The molecule has 7 heteroatoms. The third kappa shape index (κ3) is 6.85. The van der Waals surface area contributed by atoms with Crippen molar-refractivity contribution in [2.75, 3.05) is 11.9 Å². The van der Waals surface area contributed by atoms with Gasteiger partial charge in [0.25, 0.3) is 0 Å². The Labute approximate surface area is 177 Å². The van der Waals surface area contributed by atoms with Gasteiger partial charge in [-0.1, -0.05) is 31.4 Å². The zero-order valence-corrected chi connectivity index (χ0v) is 18.1. The van der Waals surface area contributed by atoms with Crippen molar-refractivity contribution in [3.05, 3.63) is 45.9 Å². The van der Waals surface area contributed by atoms with Crippen molar-refractivity contribution in [3.8, 4) is 0 Å². The number of rotatable bonds is 7. The lowest BCUT2D eigenvalue weighted by Gasteiger charge is -2.20. The van der Waals surface area contributed by atoms with Gasteiger partial charge in [0.2, 0.25) is 5.91 Å². The average molecular weight is 414 g/mol. The van der Waals surface area contributed by atoms with E-state index < -0.39 is 0 Å². The second-order valence-electron chi connectivity index (χ2n) is 7.44. The lowest BCUT2D eigenvalue weighted by Crippen LogP contribution is -2.36. The highest BCUT2D eigenvalue weighted by molar-refractivity contribution is 7.11. The van der Waals surface area contributed by atoms with E-state index in [0.717, 1.165) is 54.4 Å². The first kappa shape index (κ1) is 21.3. The van der Waals surface area contributed by atoms with Gasteiger partial charge in [0.15, 0.2) is 5.96 Å². The van der Waals surface area contributed by atoms with E-state index in [-0.39, 0.29) is 11.8 Å². The van der Waals surface area contributed by atoms with Crippen molar-refractivity contribution in [3.63, 3.8) is 0 Å². The first-order chi connectivity index (χ1) is 14.1. The number of hydrogen-bond acceptors (Lipinski definition) is 4. The highest BCUT2D eigenvalue weighted by Gasteiger charge is 2.21. The second-order valence-corrected chi connectivity index (χ2v) is 8.76. The van der Waals surface area contributed by atoms with E-state index in [4.69, 9.17) is 0 Å². The molecule has 2 aromatic rings. The van der Waals surface area contributed by atoms with E-state index in [2.05, 4.69) is 32.9 Å². The number of aryl methyl sites for hydroxylation is 1. The Morgan fingerprint density at radius 2 is 2.07 bits per heavy atom. The Kier molecular flexibility index (Phi) is 8.04. The molecule has 1 saturated carbocycles. The number of aliphatic imine (C=N–C) groups is 1. The topological polar surface area (TPSA) is 78.4 Å². The van der Waals surface area contributed by atoms with Crippen LogP contribution in [0.2, 0.25) is 0 Å². The van der Waals surface area contributed by atoms with E-state index >= 15 is 0 Å². The van der Waals surface area contributed by atoms with Gasteiger partial charge in [0.05, 0.1) is 13.1 Å². The Morgan fingerprint density at radius 1 is 1.24 bits per heavy atom. The summed E-state index contributed by atoms with van der Waals surface area (Å²) in [5.41, 5.74) is 1.92. The third-order valence-electron chi connectivity index (χ3n) is 5.01. The summed E-state index contributed by atoms with van der Waals surface area (Å²) >= 11 is 1.68. The lowest BCUT2D eigenvalue weighted by molar-refractivity contribution is -0.120. The molecule has 1 fully saturated rings. The third-order valence-corrected chi connectivity index (χ3v) is 5.92. The van der Waals surface area contributed by atoms with Gasteiger partial charge in [-0.25, -0.2) is 9.98 Å². The molecule has 1 aromatic heterocycles. The van der Waals surface area contributed by atoms with Crippen molar-refractivity contribution in [1.29, 1.82) is 0 Å². The van der Waals surface area contributed by atoms with Crippen LogP contribution in [0, 0.1) is 12.8 Å². The van der Waals surface area contributed by atoms with Crippen LogP contribution in [0.4, 0.5) is 5.69 Å². The van der Waals surface area contributed by atoms with Crippen LogP contribution in [-0.2, 0) is 17.9 Å². The molecule has 3 N–H and O–H groups in total. The number of guanidine groups is 1. The molecule has 0 spiro atoms. The highest BCUT2D eigenvalue weighted by atomic mass is 32.1. The first-order valence-electron chi connectivity index (χ1n) is 10.5. The zero-order valence-electron chi connectivity index (χ0n) is 17.3.